The topological polar surface area (TPSA) is 189 Å². The molecule has 12 nitrogen and oxygen atoms in total. The number of hydrogen-bond acceptors (Lipinski definition) is 10. The highest BCUT2D eigenvalue weighted by Crippen LogP contribution is 2.33. The first kappa shape index (κ1) is 31.3. The maximum Gasteiger partial charge on any atom is 0.347 e. The Morgan fingerprint density at radius 3 is 1.40 bits per heavy atom. The number of aliphatic carboxylic acids is 1. The van der Waals surface area contributed by atoms with Gasteiger partial charge in [0.25, 0.3) is 5.91 Å². The van der Waals surface area contributed by atoms with Crippen LogP contribution in [0.2, 0.25) is 0 Å². The van der Waals surface area contributed by atoms with E-state index in [0.29, 0.717) is 11.3 Å². The van der Waals surface area contributed by atoms with E-state index in [1.807, 2.05) is 0 Å². The summed E-state index contributed by atoms with van der Waals surface area (Å²) in [6.07, 6.45) is 0. The van der Waals surface area contributed by atoms with Gasteiger partial charge < -0.3 is 40.0 Å². The number of carbonyl (C=O) groups excluding carboxylic acids is 3. The molecule has 0 fully saturated rings. The molecule has 0 radical (unpaired) electrons. The predicted molar refractivity (Wildman–Crippen MR) is 149 cm³/mol. The van der Waals surface area contributed by atoms with Crippen molar-refractivity contribution in [3.05, 3.63) is 69.8 Å². The number of ether oxygens (including phenoxy) is 3. The third-order valence-corrected chi connectivity index (χ3v) is 6.38. The fourth-order valence-electron chi connectivity index (χ4n) is 4.31. The third-order valence-electron chi connectivity index (χ3n) is 6.38. The molecule has 0 bridgehead atoms. The molecule has 5 N–H and O–H groups in total. The van der Waals surface area contributed by atoms with E-state index in [1.54, 1.807) is 20.8 Å². The van der Waals surface area contributed by atoms with Crippen molar-refractivity contribution in [1.82, 2.24) is 5.32 Å². The molecule has 1 amide bonds. The number of carboxylic acids is 1. The number of amides is 1. The molecule has 0 saturated carbocycles. The van der Waals surface area contributed by atoms with Crippen molar-refractivity contribution in [3.8, 4) is 34.5 Å². The average molecular weight is 582 g/mol. The number of carbonyl (C=O) groups is 4. The number of nitrogens with one attached hydrogen (secondary N) is 1. The van der Waals surface area contributed by atoms with Crippen LogP contribution >= 0.6 is 0 Å². The van der Waals surface area contributed by atoms with Crippen LogP contribution in [0.3, 0.4) is 0 Å². The van der Waals surface area contributed by atoms with Crippen LogP contribution in [0.25, 0.3) is 0 Å². The highest BCUT2D eigenvalue weighted by Gasteiger charge is 2.27. The molecule has 0 unspecified atom stereocenters. The van der Waals surface area contributed by atoms with Crippen molar-refractivity contribution in [2.45, 2.75) is 40.7 Å². The predicted octanol–water partition coefficient (Wildman–Crippen LogP) is 4.01. The summed E-state index contributed by atoms with van der Waals surface area (Å²) in [5, 5.41) is 43.0. The van der Waals surface area contributed by atoms with Gasteiger partial charge in [-0.1, -0.05) is 13.8 Å². The van der Waals surface area contributed by atoms with E-state index in [2.05, 4.69) is 5.32 Å². The van der Waals surface area contributed by atoms with E-state index in [0.717, 1.165) is 12.1 Å². The summed E-state index contributed by atoms with van der Waals surface area (Å²) in [5.41, 5.74) is 0.226. The molecular formula is C30H31NO11. The van der Waals surface area contributed by atoms with Gasteiger partial charge in [0.15, 0.2) is 0 Å². The lowest BCUT2D eigenvalue weighted by atomic mass is 10.0. The van der Waals surface area contributed by atoms with Crippen molar-refractivity contribution in [2.75, 3.05) is 7.11 Å². The Labute approximate surface area is 241 Å². The zero-order chi connectivity index (χ0) is 31.5. The van der Waals surface area contributed by atoms with Gasteiger partial charge in [-0.2, -0.15) is 0 Å². The minimum atomic E-state index is -1.23. The van der Waals surface area contributed by atoms with Gasteiger partial charge in [0, 0.05) is 18.2 Å². The van der Waals surface area contributed by atoms with E-state index in [4.69, 9.17) is 14.2 Å². The molecule has 0 spiro atoms. The summed E-state index contributed by atoms with van der Waals surface area (Å²) < 4.78 is 15.7. The Morgan fingerprint density at radius 1 is 0.667 bits per heavy atom. The molecule has 0 aliphatic carbocycles. The van der Waals surface area contributed by atoms with Crippen molar-refractivity contribution < 1.29 is 53.8 Å². The first-order chi connectivity index (χ1) is 19.6. The van der Waals surface area contributed by atoms with Crippen molar-refractivity contribution >= 4 is 23.8 Å². The number of benzene rings is 3. The van der Waals surface area contributed by atoms with Crippen LogP contribution in [-0.4, -0.2) is 57.4 Å². The van der Waals surface area contributed by atoms with E-state index >= 15 is 0 Å². The Kier molecular flexibility index (Phi) is 9.31. The standard InChI is InChI=1S/C30H31NO11/c1-13(2)26(28(36)37)31-27(35)23-14(3)8-18(11-20(23)32)41-30(39)25-16(5)9-19(12-22(25)34)42-29(38)24-15(4)7-17(40-6)10-21(24)33/h7-13,26,32-34H,1-6H3,(H,31,35)(H,36,37)/t26-/m1/s1. The van der Waals surface area contributed by atoms with E-state index in [9.17, 15) is 39.6 Å². The summed E-state index contributed by atoms with van der Waals surface area (Å²) in [7, 11) is 1.41. The molecule has 0 aliphatic heterocycles. The first-order valence-corrected chi connectivity index (χ1v) is 12.7. The first-order valence-electron chi connectivity index (χ1n) is 12.7. The maximum atomic E-state index is 12.9. The minimum Gasteiger partial charge on any atom is -0.507 e. The Balaban J connectivity index is 1.81. The summed E-state index contributed by atoms with van der Waals surface area (Å²) in [4.78, 5) is 49.8. The van der Waals surface area contributed by atoms with Gasteiger partial charge in [-0.25, -0.2) is 14.4 Å². The van der Waals surface area contributed by atoms with Crippen LogP contribution in [0.5, 0.6) is 34.5 Å². The van der Waals surface area contributed by atoms with Crippen LogP contribution in [-0.2, 0) is 4.79 Å². The van der Waals surface area contributed by atoms with Gasteiger partial charge in [-0.15, -0.1) is 0 Å². The lowest BCUT2D eigenvalue weighted by Crippen LogP contribution is -2.44. The second-order valence-electron chi connectivity index (χ2n) is 9.92. The van der Waals surface area contributed by atoms with E-state index in [-0.39, 0.29) is 45.1 Å². The van der Waals surface area contributed by atoms with Crippen LogP contribution in [0.4, 0.5) is 0 Å². The van der Waals surface area contributed by atoms with Gasteiger partial charge in [0.1, 0.15) is 51.7 Å². The van der Waals surface area contributed by atoms with Gasteiger partial charge in [0.05, 0.1) is 12.7 Å². The summed E-state index contributed by atoms with van der Waals surface area (Å²) >= 11 is 0. The molecular weight excluding hydrogens is 550 g/mol. The van der Waals surface area contributed by atoms with E-state index < -0.39 is 47.3 Å². The summed E-state index contributed by atoms with van der Waals surface area (Å²) in [6.45, 7) is 7.75. The lowest BCUT2D eigenvalue weighted by molar-refractivity contribution is -0.140. The number of esters is 2. The molecule has 0 saturated heterocycles. The number of carboxylic acid groups (broad SMARTS) is 1. The number of methoxy groups -OCH3 is 1. The minimum absolute atomic E-state index is 0.105. The Bertz CT molecular complexity index is 1510. The highest BCUT2D eigenvalue weighted by atomic mass is 16.5. The molecule has 3 aromatic carbocycles. The van der Waals surface area contributed by atoms with Crippen molar-refractivity contribution in [3.63, 3.8) is 0 Å². The normalized spacial score (nSPS) is 11.5. The van der Waals surface area contributed by atoms with Crippen LogP contribution in [0, 0.1) is 26.7 Å². The number of phenols is 3. The molecule has 0 aliphatic rings. The molecule has 222 valence electrons. The highest BCUT2D eigenvalue weighted by molar-refractivity contribution is 6.01. The second-order valence-corrected chi connectivity index (χ2v) is 9.92. The molecule has 1 atom stereocenters. The fourth-order valence-corrected chi connectivity index (χ4v) is 4.31. The maximum absolute atomic E-state index is 12.9. The molecule has 3 rings (SSSR count). The summed E-state index contributed by atoms with van der Waals surface area (Å²) in [6, 6.07) is 6.25. The van der Waals surface area contributed by atoms with Crippen LogP contribution in [0.1, 0.15) is 61.6 Å². The third kappa shape index (κ3) is 6.72. The zero-order valence-electron chi connectivity index (χ0n) is 23.8. The number of aryl methyl sites for hydroxylation is 3. The van der Waals surface area contributed by atoms with Crippen LogP contribution in [0.15, 0.2) is 36.4 Å². The molecule has 42 heavy (non-hydrogen) atoms. The van der Waals surface area contributed by atoms with Gasteiger partial charge in [0.2, 0.25) is 0 Å². The lowest BCUT2D eigenvalue weighted by Gasteiger charge is -2.19. The Morgan fingerprint density at radius 2 is 1.05 bits per heavy atom. The second kappa shape index (κ2) is 12.5. The molecule has 3 aromatic rings. The quantitative estimate of drug-likeness (QED) is 0.181. The van der Waals surface area contributed by atoms with Crippen molar-refractivity contribution in [2.24, 2.45) is 5.92 Å². The number of phenolic OH excluding ortho intramolecular Hbond substituents is 3. The van der Waals surface area contributed by atoms with E-state index in [1.165, 1.54) is 45.2 Å². The van der Waals surface area contributed by atoms with Crippen molar-refractivity contribution in [1.29, 1.82) is 0 Å². The Hall–Kier alpha value is -5.26. The monoisotopic (exact) mass is 581 g/mol. The molecule has 12 heteroatoms. The number of aromatic hydroxyl groups is 3. The molecule has 0 heterocycles. The zero-order valence-corrected chi connectivity index (χ0v) is 23.8. The SMILES string of the molecule is COc1cc(C)c(C(=O)Oc2cc(C)c(C(=O)Oc3cc(C)c(C(=O)N[C@@H](C(=O)O)C(C)C)c(O)c3)c(O)c2)c(O)c1. The van der Waals surface area contributed by atoms with Gasteiger partial charge in [-0.3, -0.25) is 4.79 Å². The number of rotatable bonds is 9. The fraction of sp³-hybridized carbons (Fsp3) is 0.267. The molecule has 0 aromatic heterocycles. The number of hydrogen-bond donors (Lipinski definition) is 5. The van der Waals surface area contributed by atoms with Gasteiger partial charge >= 0.3 is 17.9 Å². The van der Waals surface area contributed by atoms with Gasteiger partial charge in [-0.05, 0) is 61.6 Å². The summed E-state index contributed by atoms with van der Waals surface area (Å²) in [5.74, 6) is -5.76. The smallest absolute Gasteiger partial charge is 0.347 e. The average Bonchev–Trinajstić information content (AvgIpc) is 2.85. The van der Waals surface area contributed by atoms with Crippen LogP contribution < -0.4 is 19.5 Å². The largest absolute Gasteiger partial charge is 0.507 e.